The van der Waals surface area contributed by atoms with Gasteiger partial charge in [-0.05, 0) is 18.1 Å². The molecule has 1 amide bonds. The number of rotatable bonds is 4. The molecule has 0 bridgehead atoms. The highest BCUT2D eigenvalue weighted by molar-refractivity contribution is 5.96. The van der Waals surface area contributed by atoms with E-state index in [1.807, 2.05) is 0 Å². The average Bonchev–Trinajstić information content (AvgIpc) is 2.81. The fraction of sp³-hybridized carbons (Fsp3) is 0.308. The number of carboxylic acids is 1. The maximum atomic E-state index is 12.0. The van der Waals surface area contributed by atoms with Gasteiger partial charge in [0.2, 0.25) is 0 Å². The van der Waals surface area contributed by atoms with Crippen LogP contribution < -0.4 is 5.32 Å². The second-order valence-corrected chi connectivity index (χ2v) is 4.68. The lowest BCUT2D eigenvalue weighted by molar-refractivity contribution is -0.140. The molecule has 0 unspecified atom stereocenters. The Bertz CT molecular complexity index is 618. The van der Waals surface area contributed by atoms with E-state index in [-0.39, 0.29) is 5.92 Å². The van der Waals surface area contributed by atoms with Gasteiger partial charge in [0.15, 0.2) is 0 Å². The Morgan fingerprint density at radius 3 is 2.74 bits per heavy atom. The number of pyridine rings is 1. The van der Waals surface area contributed by atoms with Gasteiger partial charge in [0, 0.05) is 6.20 Å². The van der Waals surface area contributed by atoms with E-state index in [1.165, 1.54) is 0 Å². The van der Waals surface area contributed by atoms with E-state index in [0.29, 0.717) is 5.56 Å². The summed E-state index contributed by atoms with van der Waals surface area (Å²) in [4.78, 5) is 27.0. The van der Waals surface area contributed by atoms with Crippen molar-refractivity contribution >= 4 is 17.4 Å². The molecule has 2 aromatic heterocycles. The van der Waals surface area contributed by atoms with Gasteiger partial charge in [-0.3, -0.25) is 4.79 Å². The monoisotopic (exact) mass is 261 g/mol. The van der Waals surface area contributed by atoms with Gasteiger partial charge < -0.3 is 14.8 Å². The predicted molar refractivity (Wildman–Crippen MR) is 68.9 cm³/mol. The molecule has 2 aromatic rings. The molecule has 0 aliphatic carbocycles. The maximum absolute atomic E-state index is 12.0. The lowest BCUT2D eigenvalue weighted by Gasteiger charge is -2.17. The molecule has 0 radical (unpaired) electrons. The van der Waals surface area contributed by atoms with Gasteiger partial charge in [-0.15, -0.1) is 0 Å². The smallest absolute Gasteiger partial charge is 0.326 e. The van der Waals surface area contributed by atoms with Gasteiger partial charge in [0.1, 0.15) is 6.04 Å². The van der Waals surface area contributed by atoms with Crippen LogP contribution in [0.15, 0.2) is 30.9 Å². The van der Waals surface area contributed by atoms with E-state index < -0.39 is 17.9 Å². The second kappa shape index (κ2) is 5.09. The Morgan fingerprint density at radius 1 is 1.37 bits per heavy atom. The minimum absolute atomic E-state index is 0.182. The Balaban J connectivity index is 2.21. The van der Waals surface area contributed by atoms with Crippen LogP contribution in [-0.2, 0) is 4.79 Å². The number of carboxylic acid groups (broad SMARTS) is 1. The summed E-state index contributed by atoms with van der Waals surface area (Å²) in [5, 5.41) is 11.6. The van der Waals surface area contributed by atoms with Crippen molar-refractivity contribution in [3.8, 4) is 0 Å². The number of carbonyl (C=O) groups is 2. The Morgan fingerprint density at radius 2 is 2.11 bits per heavy atom. The molecule has 0 aliphatic heterocycles. The largest absolute Gasteiger partial charge is 0.480 e. The van der Waals surface area contributed by atoms with Crippen molar-refractivity contribution in [1.29, 1.82) is 0 Å². The molecule has 100 valence electrons. The number of hydrogen-bond acceptors (Lipinski definition) is 3. The standard InChI is InChI=1S/C13H15N3O3/c1-8(2)11(13(18)19)15-12(17)9-3-4-10-5-14-7-16(10)6-9/h3-8,11H,1-2H3,(H,15,17)(H,18,19)/t11-/m0/s1. The van der Waals surface area contributed by atoms with Gasteiger partial charge in [0.05, 0.1) is 23.6 Å². The van der Waals surface area contributed by atoms with Crippen LogP contribution >= 0.6 is 0 Å². The third-order valence-corrected chi connectivity index (χ3v) is 2.89. The molecule has 1 atom stereocenters. The predicted octanol–water partition coefficient (Wildman–Crippen LogP) is 1.17. The second-order valence-electron chi connectivity index (χ2n) is 4.68. The summed E-state index contributed by atoms with van der Waals surface area (Å²) < 4.78 is 1.71. The fourth-order valence-corrected chi connectivity index (χ4v) is 1.79. The minimum atomic E-state index is -1.04. The highest BCUT2D eigenvalue weighted by Gasteiger charge is 2.23. The lowest BCUT2D eigenvalue weighted by Crippen LogP contribution is -2.44. The van der Waals surface area contributed by atoms with Crippen molar-refractivity contribution in [3.05, 3.63) is 36.4 Å². The number of aromatic nitrogens is 2. The van der Waals surface area contributed by atoms with Crippen molar-refractivity contribution < 1.29 is 14.7 Å². The summed E-state index contributed by atoms with van der Waals surface area (Å²) >= 11 is 0. The number of hydrogen-bond donors (Lipinski definition) is 2. The van der Waals surface area contributed by atoms with Gasteiger partial charge in [-0.1, -0.05) is 13.8 Å². The van der Waals surface area contributed by atoms with Crippen LogP contribution in [-0.4, -0.2) is 32.4 Å². The lowest BCUT2D eigenvalue weighted by atomic mass is 10.0. The number of carbonyl (C=O) groups excluding carboxylic acids is 1. The zero-order chi connectivity index (χ0) is 14.0. The van der Waals surface area contributed by atoms with Crippen LogP contribution in [0.1, 0.15) is 24.2 Å². The van der Waals surface area contributed by atoms with Gasteiger partial charge in [-0.25, -0.2) is 9.78 Å². The van der Waals surface area contributed by atoms with E-state index in [2.05, 4.69) is 10.3 Å². The summed E-state index contributed by atoms with van der Waals surface area (Å²) in [6, 6.07) is 2.50. The van der Waals surface area contributed by atoms with Crippen LogP contribution in [0.3, 0.4) is 0 Å². The number of aliphatic carboxylic acids is 1. The summed E-state index contributed by atoms with van der Waals surface area (Å²) in [6.07, 6.45) is 4.88. The van der Waals surface area contributed by atoms with Crippen LogP contribution in [0.25, 0.3) is 5.52 Å². The SMILES string of the molecule is CC(C)[C@H](NC(=O)c1ccc2cncn2c1)C(=O)O. The number of nitrogens with zero attached hydrogens (tertiary/aromatic N) is 2. The first-order valence-corrected chi connectivity index (χ1v) is 5.94. The number of imidazole rings is 1. The summed E-state index contributed by atoms with van der Waals surface area (Å²) in [5.41, 5.74) is 1.27. The average molecular weight is 261 g/mol. The minimum Gasteiger partial charge on any atom is -0.480 e. The van der Waals surface area contributed by atoms with Crippen molar-refractivity contribution in [2.24, 2.45) is 5.92 Å². The van der Waals surface area contributed by atoms with E-state index in [0.717, 1.165) is 5.52 Å². The Hall–Kier alpha value is -2.37. The van der Waals surface area contributed by atoms with Crippen molar-refractivity contribution in [1.82, 2.24) is 14.7 Å². The normalized spacial score (nSPS) is 12.6. The molecule has 0 spiro atoms. The molecule has 0 saturated carbocycles. The van der Waals surface area contributed by atoms with E-state index in [1.54, 1.807) is 49.1 Å². The topological polar surface area (TPSA) is 83.7 Å². The first-order valence-electron chi connectivity index (χ1n) is 5.94. The molecule has 2 heterocycles. The molecule has 0 aliphatic rings. The number of fused-ring (bicyclic) bond motifs is 1. The number of amides is 1. The number of nitrogens with one attached hydrogen (secondary N) is 1. The Labute approximate surface area is 110 Å². The molecule has 19 heavy (non-hydrogen) atoms. The molecule has 0 aromatic carbocycles. The quantitative estimate of drug-likeness (QED) is 0.865. The third kappa shape index (κ3) is 2.73. The molecular weight excluding hydrogens is 246 g/mol. The molecular formula is C13H15N3O3. The highest BCUT2D eigenvalue weighted by atomic mass is 16.4. The maximum Gasteiger partial charge on any atom is 0.326 e. The molecule has 2 N–H and O–H groups in total. The fourth-order valence-electron chi connectivity index (χ4n) is 1.79. The molecule has 0 fully saturated rings. The molecule has 6 nitrogen and oxygen atoms in total. The zero-order valence-electron chi connectivity index (χ0n) is 10.7. The van der Waals surface area contributed by atoms with Crippen molar-refractivity contribution in [2.45, 2.75) is 19.9 Å². The van der Waals surface area contributed by atoms with E-state index in [9.17, 15) is 9.59 Å². The van der Waals surface area contributed by atoms with Crippen LogP contribution in [0.5, 0.6) is 0 Å². The Kier molecular flexibility index (Phi) is 3.50. The summed E-state index contributed by atoms with van der Waals surface area (Å²) in [6.45, 7) is 3.50. The van der Waals surface area contributed by atoms with Crippen LogP contribution in [0.2, 0.25) is 0 Å². The first kappa shape index (κ1) is 13.1. The van der Waals surface area contributed by atoms with E-state index >= 15 is 0 Å². The van der Waals surface area contributed by atoms with Gasteiger partial charge in [-0.2, -0.15) is 0 Å². The van der Waals surface area contributed by atoms with Crippen LogP contribution in [0.4, 0.5) is 0 Å². The molecule has 0 saturated heterocycles. The van der Waals surface area contributed by atoms with Crippen LogP contribution in [0, 0.1) is 5.92 Å². The highest BCUT2D eigenvalue weighted by Crippen LogP contribution is 2.08. The first-order chi connectivity index (χ1) is 8.99. The zero-order valence-corrected chi connectivity index (χ0v) is 10.7. The van der Waals surface area contributed by atoms with E-state index in [4.69, 9.17) is 5.11 Å². The third-order valence-electron chi connectivity index (χ3n) is 2.89. The van der Waals surface area contributed by atoms with Crippen molar-refractivity contribution in [2.75, 3.05) is 0 Å². The molecule has 6 heteroatoms. The van der Waals surface area contributed by atoms with Crippen molar-refractivity contribution in [3.63, 3.8) is 0 Å². The van der Waals surface area contributed by atoms with Gasteiger partial charge in [0.25, 0.3) is 5.91 Å². The summed E-state index contributed by atoms with van der Waals surface area (Å²) in [7, 11) is 0. The van der Waals surface area contributed by atoms with Gasteiger partial charge >= 0.3 is 5.97 Å². The molecule has 2 rings (SSSR count). The summed E-state index contributed by atoms with van der Waals surface area (Å²) in [5.74, 6) is -1.62.